The lowest BCUT2D eigenvalue weighted by atomic mass is 9.62. The zero-order chi connectivity index (χ0) is 45.4. The van der Waals surface area contributed by atoms with Crippen molar-refractivity contribution < 1.29 is 8.83 Å². The van der Waals surface area contributed by atoms with E-state index < -0.39 is 0 Å². The van der Waals surface area contributed by atoms with Crippen LogP contribution in [0.25, 0.3) is 91.7 Å². The molecule has 13 rings (SSSR count). The number of hydrogen-bond donors (Lipinski definition) is 1. The molecule has 1 aliphatic heterocycles. The predicted molar refractivity (Wildman–Crippen MR) is 284 cm³/mol. The quantitative estimate of drug-likeness (QED) is 0.180. The fourth-order valence-corrected chi connectivity index (χ4v) is 12.5. The zero-order valence-corrected chi connectivity index (χ0v) is 40.4. The molecule has 66 heavy (non-hydrogen) atoms. The highest BCUT2D eigenvalue weighted by Crippen LogP contribution is 2.50. The number of aromatic nitrogens is 1. The van der Waals surface area contributed by atoms with Gasteiger partial charge in [-0.1, -0.05) is 118 Å². The highest BCUT2D eigenvalue weighted by atomic mass is 32.1. The average Bonchev–Trinajstić information content (AvgIpc) is 4.02. The molecule has 0 fully saturated rings. The summed E-state index contributed by atoms with van der Waals surface area (Å²) in [5.41, 5.74) is 18.2. The van der Waals surface area contributed by atoms with Gasteiger partial charge in [0.1, 0.15) is 16.7 Å². The second-order valence-corrected chi connectivity index (χ2v) is 23.8. The average molecular weight is 878 g/mol. The van der Waals surface area contributed by atoms with Crippen LogP contribution in [0.5, 0.6) is 0 Å². The summed E-state index contributed by atoms with van der Waals surface area (Å²) < 4.78 is 19.0. The Bertz CT molecular complexity index is 3890. The van der Waals surface area contributed by atoms with Gasteiger partial charge >= 0.3 is 0 Å². The van der Waals surface area contributed by atoms with E-state index in [2.05, 4.69) is 202 Å². The molecule has 7 aromatic carbocycles. The molecular weight excluding hydrogens is 824 g/mol. The molecule has 5 heterocycles. The molecule has 0 spiro atoms. The minimum absolute atomic E-state index is 0.0171. The summed E-state index contributed by atoms with van der Waals surface area (Å²) in [6.45, 7) is 23.3. The van der Waals surface area contributed by atoms with E-state index in [1.54, 1.807) is 0 Å². The largest absolute Gasteiger partial charge is 0.469 e. The fraction of sp³-hybridized carbons (Fsp3) is 0.267. The molecule has 6 heteroatoms. The molecule has 0 unspecified atom stereocenters. The predicted octanol–water partition coefficient (Wildman–Crippen LogP) is 16.1. The van der Waals surface area contributed by atoms with E-state index in [4.69, 9.17) is 8.83 Å². The minimum atomic E-state index is -0.0171. The Labute approximate surface area is 390 Å². The van der Waals surface area contributed by atoms with E-state index in [1.165, 1.54) is 69.6 Å². The molecule has 0 saturated heterocycles. The van der Waals surface area contributed by atoms with Crippen LogP contribution < -0.4 is 16.4 Å². The molecule has 0 bridgehead atoms. The number of benzene rings is 7. The first-order chi connectivity index (χ1) is 31.4. The van der Waals surface area contributed by atoms with Gasteiger partial charge in [0.2, 0.25) is 7.28 Å². The number of nitrogens with zero attached hydrogens (tertiary/aromatic N) is 1. The second-order valence-electron chi connectivity index (χ2n) is 22.8. The molecule has 1 N–H and O–H groups in total. The van der Waals surface area contributed by atoms with Crippen molar-refractivity contribution in [3.63, 3.8) is 0 Å². The number of hydrogen-bond acceptors (Lipinski definition) is 4. The summed E-state index contributed by atoms with van der Waals surface area (Å²) in [6, 6.07) is 43.6. The molecule has 1 radical (unpaired) electrons. The normalized spacial score (nSPS) is 15.7. The first kappa shape index (κ1) is 40.1. The maximum Gasteiger partial charge on any atom is 0.247 e. The standard InChI is InChI=1S/C60H54BN2O2S/c1-57(2,3)32-15-18-34(19-16-32)62-46-30-50-40(41-28-44-45(29-49(41)64-50)60(9,10)24-23-59(44,7)8)26-38(46)36-20-21-37-39-27-42-35-13-11-12-14-51(35)66-52(42)31-47(39)63-54(37)53(36)61-56-55(63)43-25-33(58(4,5)6)17-22-48(43)65-56/h11-22,25-31,62H,23-24H2,1-10H3. The van der Waals surface area contributed by atoms with Crippen molar-refractivity contribution in [1.82, 2.24) is 4.57 Å². The first-order valence-electron chi connectivity index (χ1n) is 23.7. The molecular formula is C60H54BN2O2S. The van der Waals surface area contributed by atoms with Gasteiger partial charge in [-0.3, -0.25) is 0 Å². The Morgan fingerprint density at radius 2 is 1.26 bits per heavy atom. The van der Waals surface area contributed by atoms with Crippen LogP contribution in [0.2, 0.25) is 0 Å². The highest BCUT2D eigenvalue weighted by Gasteiger charge is 2.38. The van der Waals surface area contributed by atoms with Gasteiger partial charge < -0.3 is 18.7 Å². The lowest BCUT2D eigenvalue weighted by molar-refractivity contribution is 0.332. The van der Waals surface area contributed by atoms with E-state index in [0.717, 1.165) is 79.7 Å². The molecule has 4 nitrogen and oxygen atoms in total. The van der Waals surface area contributed by atoms with Gasteiger partial charge in [-0.15, -0.1) is 11.3 Å². The highest BCUT2D eigenvalue weighted by molar-refractivity contribution is 7.25. The van der Waals surface area contributed by atoms with Crippen LogP contribution in [0.1, 0.15) is 104 Å². The molecule has 2 aliphatic rings. The third-order valence-corrected chi connectivity index (χ3v) is 16.6. The second kappa shape index (κ2) is 13.2. The van der Waals surface area contributed by atoms with Gasteiger partial charge in [-0.05, 0) is 128 Å². The molecule has 325 valence electrons. The van der Waals surface area contributed by atoms with Crippen LogP contribution in [0.4, 0.5) is 11.4 Å². The lowest BCUT2D eigenvalue weighted by Gasteiger charge is -2.41. The monoisotopic (exact) mass is 877 g/mol. The zero-order valence-electron chi connectivity index (χ0n) is 39.6. The number of anilines is 2. The maximum atomic E-state index is 6.96. The summed E-state index contributed by atoms with van der Waals surface area (Å²) in [5.74, 6) is 0. The van der Waals surface area contributed by atoms with E-state index in [1.807, 2.05) is 11.3 Å². The van der Waals surface area contributed by atoms with Gasteiger partial charge in [0.25, 0.3) is 0 Å². The minimum Gasteiger partial charge on any atom is -0.469 e. The lowest BCUT2D eigenvalue weighted by Crippen LogP contribution is -2.36. The van der Waals surface area contributed by atoms with Crippen molar-refractivity contribution in [1.29, 1.82) is 0 Å². The molecule has 0 atom stereocenters. The maximum absolute atomic E-state index is 6.96. The Morgan fingerprint density at radius 3 is 2.02 bits per heavy atom. The Hall–Kier alpha value is -6.24. The third kappa shape index (κ3) is 5.76. The van der Waals surface area contributed by atoms with E-state index >= 15 is 0 Å². The summed E-state index contributed by atoms with van der Waals surface area (Å²) in [6.07, 6.45) is 2.31. The molecule has 0 saturated carbocycles. The van der Waals surface area contributed by atoms with Crippen LogP contribution >= 0.6 is 11.3 Å². The van der Waals surface area contributed by atoms with Crippen LogP contribution in [-0.2, 0) is 21.7 Å². The number of furan rings is 2. The summed E-state index contributed by atoms with van der Waals surface area (Å²) in [4.78, 5) is 0. The van der Waals surface area contributed by atoms with Crippen LogP contribution in [-0.4, -0.2) is 11.8 Å². The third-order valence-electron chi connectivity index (χ3n) is 15.4. The van der Waals surface area contributed by atoms with Crippen molar-refractivity contribution in [2.75, 3.05) is 5.32 Å². The van der Waals surface area contributed by atoms with Gasteiger partial charge in [0, 0.05) is 69.9 Å². The SMILES string of the molecule is CC(C)(C)c1ccc(Nc2cc3oc4cc5c(cc4c3cc2-c2ccc3c4cc6c(cc4n4c3c2[B]c2oc3ccc(C(C)(C)C)cc3c2-4)sc2ccccc26)C(C)(C)CCC5(C)C)cc1. The first-order valence-corrected chi connectivity index (χ1v) is 24.5. The summed E-state index contributed by atoms with van der Waals surface area (Å²) in [5, 5.41) is 12.5. The molecule has 11 aromatic rings. The van der Waals surface area contributed by atoms with Crippen molar-refractivity contribution in [3.05, 3.63) is 138 Å². The van der Waals surface area contributed by atoms with Gasteiger partial charge in [-0.2, -0.15) is 0 Å². The summed E-state index contributed by atoms with van der Waals surface area (Å²) in [7, 11) is 2.32. The van der Waals surface area contributed by atoms with Gasteiger partial charge in [0.15, 0.2) is 0 Å². The topological polar surface area (TPSA) is 43.2 Å². The van der Waals surface area contributed by atoms with Gasteiger partial charge in [0.05, 0.1) is 22.6 Å². The number of nitrogens with one attached hydrogen (secondary N) is 1. The Kier molecular flexibility index (Phi) is 8.03. The van der Waals surface area contributed by atoms with Crippen molar-refractivity contribution in [2.24, 2.45) is 0 Å². The fourth-order valence-electron chi connectivity index (χ4n) is 11.4. The number of rotatable bonds is 3. The Balaban J connectivity index is 1.11. The van der Waals surface area contributed by atoms with E-state index in [0.29, 0.717) is 0 Å². The smallest absolute Gasteiger partial charge is 0.247 e. The van der Waals surface area contributed by atoms with E-state index in [9.17, 15) is 0 Å². The molecule has 0 amide bonds. The van der Waals surface area contributed by atoms with Crippen molar-refractivity contribution in [3.8, 4) is 16.8 Å². The number of fused-ring (bicyclic) bond motifs is 14. The van der Waals surface area contributed by atoms with Gasteiger partial charge in [-0.25, -0.2) is 0 Å². The molecule has 1 aliphatic carbocycles. The van der Waals surface area contributed by atoms with Crippen molar-refractivity contribution >= 4 is 116 Å². The van der Waals surface area contributed by atoms with Crippen LogP contribution in [0, 0.1) is 0 Å². The van der Waals surface area contributed by atoms with Crippen LogP contribution in [0.3, 0.4) is 0 Å². The Morgan fingerprint density at radius 1 is 0.561 bits per heavy atom. The van der Waals surface area contributed by atoms with E-state index in [-0.39, 0.29) is 21.7 Å². The van der Waals surface area contributed by atoms with Crippen molar-refractivity contribution in [2.45, 2.75) is 104 Å². The molecule has 4 aromatic heterocycles. The van der Waals surface area contributed by atoms with Crippen LogP contribution in [0.15, 0.2) is 124 Å². The number of thiophene rings is 1. The summed E-state index contributed by atoms with van der Waals surface area (Å²) >= 11 is 1.87.